The summed E-state index contributed by atoms with van der Waals surface area (Å²) in [6.07, 6.45) is 1.50. The molecule has 0 radical (unpaired) electrons. The summed E-state index contributed by atoms with van der Waals surface area (Å²) in [5, 5.41) is 3.10. The van der Waals surface area contributed by atoms with Gasteiger partial charge in [0.2, 0.25) is 0 Å². The lowest BCUT2D eigenvalue weighted by Crippen LogP contribution is -2.04. The van der Waals surface area contributed by atoms with Crippen molar-refractivity contribution in [2.45, 2.75) is 11.2 Å². The molecule has 1 unspecified atom stereocenters. The molecular formula is C13H9BrCl2O. The predicted octanol–water partition coefficient (Wildman–Crippen LogP) is 4.65. The van der Waals surface area contributed by atoms with E-state index >= 15 is 0 Å². The van der Waals surface area contributed by atoms with Crippen LogP contribution in [-0.2, 0) is 11.2 Å². The van der Waals surface area contributed by atoms with Crippen molar-refractivity contribution in [2.24, 2.45) is 0 Å². The van der Waals surface area contributed by atoms with Gasteiger partial charge in [-0.1, -0.05) is 57.3 Å². The number of aldehydes is 1. The fourth-order valence-electron chi connectivity index (χ4n) is 1.82. The molecule has 88 valence electrons. The van der Waals surface area contributed by atoms with E-state index in [0.29, 0.717) is 16.5 Å². The Bertz CT molecular complexity index is 560. The molecule has 2 aromatic rings. The number of fused-ring (bicyclic) bond motifs is 1. The molecule has 1 nitrogen and oxygen atoms in total. The highest BCUT2D eigenvalue weighted by atomic mass is 79.9. The minimum absolute atomic E-state index is 0.189. The van der Waals surface area contributed by atoms with Crippen LogP contribution in [-0.4, -0.2) is 11.1 Å². The Labute approximate surface area is 118 Å². The molecule has 0 amide bonds. The van der Waals surface area contributed by atoms with Crippen LogP contribution < -0.4 is 0 Å². The van der Waals surface area contributed by atoms with Crippen molar-refractivity contribution in [3.05, 3.63) is 45.9 Å². The van der Waals surface area contributed by atoms with Crippen molar-refractivity contribution in [1.82, 2.24) is 0 Å². The molecule has 4 heteroatoms. The fraction of sp³-hybridized carbons (Fsp3) is 0.154. The predicted molar refractivity (Wildman–Crippen MR) is 76.5 cm³/mol. The Morgan fingerprint density at radius 3 is 2.59 bits per heavy atom. The number of carbonyl (C=O) groups is 1. The van der Waals surface area contributed by atoms with E-state index in [1.165, 1.54) is 0 Å². The quantitative estimate of drug-likeness (QED) is 0.591. The number of rotatable bonds is 3. The number of benzene rings is 2. The Kier molecular flexibility index (Phi) is 4.08. The van der Waals surface area contributed by atoms with Gasteiger partial charge in [-0.25, -0.2) is 0 Å². The van der Waals surface area contributed by atoms with Gasteiger partial charge in [-0.05, 0) is 29.5 Å². The minimum Gasteiger partial charge on any atom is -0.302 e. The second kappa shape index (κ2) is 5.38. The third-order valence-electron chi connectivity index (χ3n) is 2.59. The van der Waals surface area contributed by atoms with E-state index in [4.69, 9.17) is 23.2 Å². The molecule has 17 heavy (non-hydrogen) atoms. The van der Waals surface area contributed by atoms with Gasteiger partial charge in [-0.2, -0.15) is 0 Å². The van der Waals surface area contributed by atoms with Gasteiger partial charge in [0, 0.05) is 15.4 Å². The van der Waals surface area contributed by atoms with E-state index in [9.17, 15) is 4.79 Å². The zero-order valence-electron chi connectivity index (χ0n) is 8.79. The average molecular weight is 332 g/mol. The van der Waals surface area contributed by atoms with Gasteiger partial charge >= 0.3 is 0 Å². The van der Waals surface area contributed by atoms with E-state index in [1.54, 1.807) is 0 Å². The van der Waals surface area contributed by atoms with Crippen LogP contribution in [0.2, 0.25) is 10.0 Å². The van der Waals surface area contributed by atoms with Gasteiger partial charge in [0.15, 0.2) is 0 Å². The van der Waals surface area contributed by atoms with E-state index in [1.807, 2.05) is 30.3 Å². The summed E-state index contributed by atoms with van der Waals surface area (Å²) in [5.41, 5.74) is 1.06. The second-order valence-electron chi connectivity index (χ2n) is 3.73. The lowest BCUT2D eigenvalue weighted by atomic mass is 10.0. The third kappa shape index (κ3) is 2.65. The molecule has 0 saturated heterocycles. The molecule has 2 aromatic carbocycles. The Morgan fingerprint density at radius 1 is 1.18 bits per heavy atom. The topological polar surface area (TPSA) is 17.1 Å². The summed E-state index contributed by atoms with van der Waals surface area (Å²) < 4.78 is 0. The van der Waals surface area contributed by atoms with Gasteiger partial charge in [0.25, 0.3) is 0 Å². The monoisotopic (exact) mass is 330 g/mol. The summed E-state index contributed by atoms with van der Waals surface area (Å²) in [4.78, 5) is 10.5. The summed E-state index contributed by atoms with van der Waals surface area (Å²) in [6.45, 7) is 0. The first-order valence-corrected chi connectivity index (χ1v) is 6.75. The SMILES string of the molecule is O=CC(Br)Cc1ccc(Cl)c2c(Cl)cccc12. The van der Waals surface area contributed by atoms with Crippen LogP contribution in [0.3, 0.4) is 0 Å². The minimum atomic E-state index is -0.189. The van der Waals surface area contributed by atoms with Crippen LogP contribution in [0, 0.1) is 0 Å². The third-order valence-corrected chi connectivity index (χ3v) is 3.76. The van der Waals surface area contributed by atoms with E-state index in [2.05, 4.69) is 15.9 Å². The standard InChI is InChI=1S/C13H9BrCl2O/c14-9(7-17)6-8-4-5-12(16)13-10(8)2-1-3-11(13)15/h1-5,7,9H,6H2. The first-order valence-electron chi connectivity index (χ1n) is 5.08. The van der Waals surface area contributed by atoms with Crippen LogP contribution in [0.15, 0.2) is 30.3 Å². The molecule has 0 N–H and O–H groups in total. The Morgan fingerprint density at radius 2 is 1.88 bits per heavy atom. The highest BCUT2D eigenvalue weighted by Gasteiger charge is 2.10. The molecule has 0 aliphatic heterocycles. The molecule has 0 bridgehead atoms. The van der Waals surface area contributed by atoms with Crippen molar-refractivity contribution in [2.75, 3.05) is 0 Å². The Hall–Kier alpha value is -0.570. The van der Waals surface area contributed by atoms with Crippen molar-refractivity contribution >= 4 is 56.2 Å². The smallest absolute Gasteiger partial charge is 0.133 e. The van der Waals surface area contributed by atoms with Crippen LogP contribution in [0.5, 0.6) is 0 Å². The summed E-state index contributed by atoms with van der Waals surface area (Å²) >= 11 is 15.6. The maximum atomic E-state index is 10.7. The van der Waals surface area contributed by atoms with Crippen molar-refractivity contribution in [3.63, 3.8) is 0 Å². The Balaban J connectivity index is 2.62. The molecular weight excluding hydrogens is 323 g/mol. The number of hydrogen-bond donors (Lipinski definition) is 0. The molecule has 0 aliphatic carbocycles. The average Bonchev–Trinajstić information content (AvgIpc) is 2.32. The zero-order valence-corrected chi connectivity index (χ0v) is 11.9. The molecule has 2 rings (SSSR count). The maximum absolute atomic E-state index is 10.7. The largest absolute Gasteiger partial charge is 0.302 e. The molecule has 0 aromatic heterocycles. The highest BCUT2D eigenvalue weighted by Crippen LogP contribution is 2.33. The maximum Gasteiger partial charge on any atom is 0.133 e. The summed E-state index contributed by atoms with van der Waals surface area (Å²) in [7, 11) is 0. The molecule has 0 saturated carbocycles. The first-order chi connectivity index (χ1) is 8.13. The molecule has 0 aliphatic rings. The second-order valence-corrected chi connectivity index (χ2v) is 5.72. The lowest BCUT2D eigenvalue weighted by Gasteiger charge is -2.10. The van der Waals surface area contributed by atoms with E-state index in [0.717, 1.165) is 22.6 Å². The first kappa shape index (κ1) is 12.9. The molecule has 0 spiro atoms. The van der Waals surface area contributed by atoms with Gasteiger partial charge in [-0.3, -0.25) is 0 Å². The van der Waals surface area contributed by atoms with Crippen LogP contribution >= 0.6 is 39.1 Å². The van der Waals surface area contributed by atoms with Gasteiger partial charge in [-0.15, -0.1) is 0 Å². The summed E-state index contributed by atoms with van der Waals surface area (Å²) in [5.74, 6) is 0. The van der Waals surface area contributed by atoms with E-state index < -0.39 is 0 Å². The number of halogens is 3. The van der Waals surface area contributed by atoms with Crippen LogP contribution in [0.1, 0.15) is 5.56 Å². The fourth-order valence-corrected chi connectivity index (χ4v) is 2.76. The van der Waals surface area contributed by atoms with Gasteiger partial charge < -0.3 is 4.79 Å². The highest BCUT2D eigenvalue weighted by molar-refractivity contribution is 9.09. The normalized spacial score (nSPS) is 12.6. The number of alkyl halides is 1. The zero-order chi connectivity index (χ0) is 12.4. The van der Waals surface area contributed by atoms with Crippen molar-refractivity contribution < 1.29 is 4.79 Å². The number of hydrogen-bond acceptors (Lipinski definition) is 1. The van der Waals surface area contributed by atoms with E-state index in [-0.39, 0.29) is 4.83 Å². The molecule has 0 heterocycles. The van der Waals surface area contributed by atoms with Crippen LogP contribution in [0.4, 0.5) is 0 Å². The van der Waals surface area contributed by atoms with Gasteiger partial charge in [0.1, 0.15) is 6.29 Å². The molecule has 1 atom stereocenters. The van der Waals surface area contributed by atoms with Gasteiger partial charge in [0.05, 0.1) is 4.83 Å². The van der Waals surface area contributed by atoms with Crippen molar-refractivity contribution in [1.29, 1.82) is 0 Å². The van der Waals surface area contributed by atoms with Crippen molar-refractivity contribution in [3.8, 4) is 0 Å². The molecule has 0 fully saturated rings. The summed E-state index contributed by atoms with van der Waals surface area (Å²) in [6, 6.07) is 9.40. The lowest BCUT2D eigenvalue weighted by molar-refractivity contribution is -0.107. The van der Waals surface area contributed by atoms with Crippen LogP contribution in [0.25, 0.3) is 10.8 Å². The number of carbonyl (C=O) groups excluding carboxylic acids is 1.